The Bertz CT molecular complexity index is 916. The van der Waals surface area contributed by atoms with Crippen molar-refractivity contribution in [1.82, 2.24) is 4.98 Å². The first kappa shape index (κ1) is 17.8. The van der Waals surface area contributed by atoms with E-state index in [1.807, 2.05) is 36.4 Å². The van der Waals surface area contributed by atoms with Gasteiger partial charge < -0.3 is 9.84 Å². The van der Waals surface area contributed by atoms with Crippen molar-refractivity contribution in [2.24, 2.45) is 0 Å². The maximum atomic E-state index is 11.9. The molecule has 3 aromatic rings. The van der Waals surface area contributed by atoms with E-state index in [0.29, 0.717) is 16.5 Å². The molecule has 1 N–H and O–H groups in total. The fourth-order valence-corrected chi connectivity index (χ4v) is 2.86. The third-order valence-electron chi connectivity index (χ3n) is 3.93. The number of rotatable bonds is 5. The summed E-state index contributed by atoms with van der Waals surface area (Å²) in [6.07, 6.45) is 2.40. The molecule has 0 saturated carbocycles. The van der Waals surface area contributed by atoms with Crippen molar-refractivity contribution in [2.75, 3.05) is 12.0 Å². The molecular formula is C20H17ClN2O3. The Morgan fingerprint density at radius 2 is 1.96 bits per heavy atom. The predicted molar refractivity (Wildman–Crippen MR) is 102 cm³/mol. The van der Waals surface area contributed by atoms with Crippen molar-refractivity contribution in [3.63, 3.8) is 0 Å². The van der Waals surface area contributed by atoms with E-state index in [1.54, 1.807) is 30.6 Å². The molecule has 5 nitrogen and oxygen atoms in total. The van der Waals surface area contributed by atoms with E-state index >= 15 is 0 Å². The third-order valence-corrected chi connectivity index (χ3v) is 4.16. The molecule has 0 saturated heterocycles. The molecule has 3 rings (SSSR count). The summed E-state index contributed by atoms with van der Waals surface area (Å²) in [6, 6.07) is 16.4. The lowest BCUT2D eigenvalue weighted by atomic mass is 10.0. The van der Waals surface area contributed by atoms with Gasteiger partial charge in [-0.05, 0) is 47.0 Å². The maximum absolute atomic E-state index is 11.9. The van der Waals surface area contributed by atoms with Gasteiger partial charge in [0.1, 0.15) is 5.75 Å². The molecule has 1 amide bonds. The molecule has 26 heavy (non-hydrogen) atoms. The second-order valence-electron chi connectivity index (χ2n) is 5.63. The normalized spacial score (nSPS) is 10.4. The second kappa shape index (κ2) is 7.89. The Morgan fingerprint density at radius 3 is 2.65 bits per heavy atom. The Hall–Kier alpha value is -3.05. The number of hydrogen-bond acceptors (Lipinski definition) is 3. The van der Waals surface area contributed by atoms with E-state index in [0.717, 1.165) is 16.7 Å². The van der Waals surface area contributed by atoms with Crippen LogP contribution in [-0.4, -0.2) is 23.3 Å². The van der Waals surface area contributed by atoms with E-state index in [1.165, 1.54) is 12.0 Å². The number of amides is 1. The fourth-order valence-electron chi connectivity index (χ4n) is 2.70. The Balaban J connectivity index is 1.95. The number of hydrogen-bond donors (Lipinski definition) is 1. The average molecular weight is 369 g/mol. The minimum absolute atomic E-state index is 0.167. The molecule has 0 spiro atoms. The quantitative estimate of drug-likeness (QED) is 0.680. The van der Waals surface area contributed by atoms with Crippen LogP contribution in [0.25, 0.3) is 11.1 Å². The number of anilines is 1. The number of pyridine rings is 1. The molecule has 0 fully saturated rings. The molecule has 0 radical (unpaired) electrons. The molecule has 1 aromatic heterocycles. The number of aromatic nitrogens is 1. The van der Waals surface area contributed by atoms with Crippen molar-refractivity contribution in [1.29, 1.82) is 0 Å². The van der Waals surface area contributed by atoms with E-state index in [4.69, 9.17) is 16.3 Å². The number of benzene rings is 2. The fraction of sp³-hybridized carbons (Fsp3) is 0.100. The zero-order chi connectivity index (χ0) is 18.5. The summed E-state index contributed by atoms with van der Waals surface area (Å²) >= 11 is 6.05. The van der Waals surface area contributed by atoms with E-state index in [9.17, 15) is 9.90 Å². The summed E-state index contributed by atoms with van der Waals surface area (Å²) < 4.78 is 5.29. The van der Waals surface area contributed by atoms with Crippen LogP contribution in [0, 0.1) is 0 Å². The lowest BCUT2D eigenvalue weighted by Crippen LogP contribution is -2.29. The molecule has 0 aliphatic carbocycles. The molecule has 6 heteroatoms. The van der Waals surface area contributed by atoms with Crippen LogP contribution in [-0.2, 0) is 6.54 Å². The topological polar surface area (TPSA) is 62.7 Å². The number of ether oxygens (including phenoxy) is 1. The van der Waals surface area contributed by atoms with Crippen LogP contribution in [0.15, 0.2) is 67.0 Å². The first-order valence-corrected chi connectivity index (χ1v) is 8.29. The highest BCUT2D eigenvalue weighted by atomic mass is 35.5. The number of methoxy groups -OCH3 is 1. The first-order chi connectivity index (χ1) is 12.6. The van der Waals surface area contributed by atoms with E-state index in [-0.39, 0.29) is 6.54 Å². The highest BCUT2D eigenvalue weighted by Gasteiger charge is 2.20. The standard InChI is InChI=1S/C20H17ClN2O3/c1-26-19-8-7-17(21)11-18(19)23(20(24)25)13-14-4-2-5-15(10-14)16-6-3-9-22-12-16/h2-12H,13H2,1H3,(H,24,25). The lowest BCUT2D eigenvalue weighted by Gasteiger charge is -2.22. The van der Waals surface area contributed by atoms with Crippen molar-refractivity contribution >= 4 is 23.4 Å². The monoisotopic (exact) mass is 368 g/mol. The number of halogens is 1. The van der Waals surface area contributed by atoms with Crippen LogP contribution in [0.4, 0.5) is 10.5 Å². The van der Waals surface area contributed by atoms with Gasteiger partial charge in [0, 0.05) is 17.4 Å². The van der Waals surface area contributed by atoms with Gasteiger partial charge in [0.15, 0.2) is 0 Å². The molecule has 0 aliphatic rings. The minimum Gasteiger partial charge on any atom is -0.495 e. The lowest BCUT2D eigenvalue weighted by molar-refractivity contribution is 0.201. The maximum Gasteiger partial charge on any atom is 0.412 e. The smallest absolute Gasteiger partial charge is 0.412 e. The highest BCUT2D eigenvalue weighted by Crippen LogP contribution is 2.32. The molecule has 0 aliphatic heterocycles. The van der Waals surface area contributed by atoms with Crippen LogP contribution in [0.1, 0.15) is 5.56 Å². The van der Waals surface area contributed by atoms with Crippen molar-refractivity contribution in [2.45, 2.75) is 6.54 Å². The molecule has 132 valence electrons. The van der Waals surface area contributed by atoms with Gasteiger partial charge in [-0.1, -0.05) is 35.9 Å². The summed E-state index contributed by atoms with van der Waals surface area (Å²) in [5.74, 6) is 0.445. The minimum atomic E-state index is -1.09. The highest BCUT2D eigenvalue weighted by molar-refractivity contribution is 6.31. The summed E-state index contributed by atoms with van der Waals surface area (Å²) in [5.41, 5.74) is 3.19. The second-order valence-corrected chi connectivity index (χ2v) is 6.06. The summed E-state index contributed by atoms with van der Waals surface area (Å²) in [6.45, 7) is 0.167. The predicted octanol–water partition coefficient (Wildman–Crippen LogP) is 5.10. The molecule has 0 unspecified atom stereocenters. The van der Waals surface area contributed by atoms with Gasteiger partial charge in [-0.2, -0.15) is 0 Å². The van der Waals surface area contributed by atoms with Crippen molar-refractivity contribution < 1.29 is 14.6 Å². The Labute approximate surface area is 156 Å². The molecular weight excluding hydrogens is 352 g/mol. The SMILES string of the molecule is COc1ccc(Cl)cc1N(Cc1cccc(-c2cccnc2)c1)C(=O)O. The van der Waals surface area contributed by atoms with E-state index in [2.05, 4.69) is 4.98 Å². The average Bonchev–Trinajstić information content (AvgIpc) is 2.67. The van der Waals surface area contributed by atoms with Crippen molar-refractivity contribution in [3.8, 4) is 16.9 Å². The van der Waals surface area contributed by atoms with Crippen LogP contribution in [0.5, 0.6) is 5.75 Å². The Morgan fingerprint density at radius 1 is 1.15 bits per heavy atom. The Kier molecular flexibility index (Phi) is 5.39. The largest absolute Gasteiger partial charge is 0.495 e. The molecule has 0 atom stereocenters. The molecule has 2 aromatic carbocycles. The van der Waals surface area contributed by atoms with Crippen LogP contribution < -0.4 is 9.64 Å². The molecule has 0 bridgehead atoms. The van der Waals surface area contributed by atoms with Gasteiger partial charge in [0.05, 0.1) is 19.3 Å². The zero-order valence-electron chi connectivity index (χ0n) is 14.1. The van der Waals surface area contributed by atoms with Crippen LogP contribution in [0.3, 0.4) is 0 Å². The number of carbonyl (C=O) groups is 1. The van der Waals surface area contributed by atoms with Crippen molar-refractivity contribution in [3.05, 3.63) is 77.6 Å². The summed E-state index contributed by atoms with van der Waals surface area (Å²) in [7, 11) is 1.50. The number of nitrogens with zero attached hydrogens (tertiary/aromatic N) is 2. The third kappa shape index (κ3) is 3.95. The summed E-state index contributed by atoms with van der Waals surface area (Å²) in [4.78, 5) is 17.2. The van der Waals surface area contributed by atoms with E-state index < -0.39 is 6.09 Å². The molecule has 1 heterocycles. The van der Waals surface area contributed by atoms with Gasteiger partial charge in [-0.25, -0.2) is 4.79 Å². The van der Waals surface area contributed by atoms with Gasteiger partial charge in [0.2, 0.25) is 0 Å². The van der Waals surface area contributed by atoms with Gasteiger partial charge >= 0.3 is 6.09 Å². The van der Waals surface area contributed by atoms with Gasteiger partial charge in [0.25, 0.3) is 0 Å². The van der Waals surface area contributed by atoms with Crippen LogP contribution in [0.2, 0.25) is 5.02 Å². The zero-order valence-corrected chi connectivity index (χ0v) is 14.8. The van der Waals surface area contributed by atoms with Gasteiger partial charge in [-0.3, -0.25) is 9.88 Å². The van der Waals surface area contributed by atoms with Gasteiger partial charge in [-0.15, -0.1) is 0 Å². The van der Waals surface area contributed by atoms with Crippen LogP contribution >= 0.6 is 11.6 Å². The summed E-state index contributed by atoms with van der Waals surface area (Å²) in [5, 5.41) is 10.1. The first-order valence-electron chi connectivity index (χ1n) is 7.92. The number of carboxylic acid groups (broad SMARTS) is 1.